The van der Waals surface area contributed by atoms with Crippen molar-refractivity contribution in [2.24, 2.45) is 0 Å². The number of nitrogens with zero attached hydrogens (tertiary/aromatic N) is 1. The molecule has 18 heavy (non-hydrogen) atoms. The number of methoxy groups -OCH3 is 1. The van der Waals surface area contributed by atoms with Gasteiger partial charge in [0.2, 0.25) is 5.88 Å². The number of pyridine rings is 1. The maximum absolute atomic E-state index is 13.7. The van der Waals surface area contributed by atoms with E-state index in [4.69, 9.17) is 0 Å². The predicted molar refractivity (Wildman–Crippen MR) is 57.1 cm³/mol. The lowest BCUT2D eigenvalue weighted by atomic mass is 10.1. The average molecular weight is 265 g/mol. The largest absolute Gasteiger partial charge is 0.479 e. The van der Waals surface area contributed by atoms with Crippen LogP contribution in [0.3, 0.4) is 0 Å². The highest BCUT2D eigenvalue weighted by Gasteiger charge is 2.17. The summed E-state index contributed by atoms with van der Waals surface area (Å²) in [5.74, 6) is -0.985. The third-order valence-electron chi connectivity index (χ3n) is 2.22. The SMILES string of the molecule is COc1nccc(C(O)CCOCC(F)F)c1F. The van der Waals surface area contributed by atoms with Crippen molar-refractivity contribution in [3.8, 4) is 5.88 Å². The zero-order valence-electron chi connectivity index (χ0n) is 9.78. The van der Waals surface area contributed by atoms with E-state index in [0.29, 0.717) is 0 Å². The van der Waals surface area contributed by atoms with Crippen molar-refractivity contribution in [2.45, 2.75) is 19.0 Å². The van der Waals surface area contributed by atoms with Gasteiger partial charge in [0.25, 0.3) is 6.43 Å². The van der Waals surface area contributed by atoms with E-state index in [2.05, 4.69) is 14.5 Å². The minimum Gasteiger partial charge on any atom is -0.479 e. The molecule has 0 saturated heterocycles. The molecular weight excluding hydrogens is 251 g/mol. The molecule has 0 saturated carbocycles. The number of halogens is 3. The van der Waals surface area contributed by atoms with Gasteiger partial charge < -0.3 is 14.6 Å². The van der Waals surface area contributed by atoms with Crippen LogP contribution in [0.15, 0.2) is 12.3 Å². The van der Waals surface area contributed by atoms with E-state index in [-0.39, 0.29) is 24.5 Å². The molecule has 102 valence electrons. The van der Waals surface area contributed by atoms with Crippen molar-refractivity contribution in [3.05, 3.63) is 23.6 Å². The number of ether oxygens (including phenoxy) is 2. The Morgan fingerprint density at radius 2 is 2.17 bits per heavy atom. The van der Waals surface area contributed by atoms with Crippen molar-refractivity contribution in [1.29, 1.82) is 0 Å². The standard InChI is InChI=1S/C11H14F3NO3/c1-17-11-10(14)7(2-4-15-11)8(16)3-5-18-6-9(12)13/h2,4,8-9,16H,3,5-6H2,1H3. The molecule has 1 N–H and O–H groups in total. The summed E-state index contributed by atoms with van der Waals surface area (Å²) < 4.78 is 46.5. The van der Waals surface area contributed by atoms with Crippen LogP contribution in [0.1, 0.15) is 18.1 Å². The van der Waals surface area contributed by atoms with Crippen molar-refractivity contribution < 1.29 is 27.8 Å². The molecule has 0 radical (unpaired) electrons. The molecule has 7 heteroatoms. The Hall–Kier alpha value is -1.34. The molecule has 4 nitrogen and oxygen atoms in total. The smallest absolute Gasteiger partial charge is 0.261 e. The van der Waals surface area contributed by atoms with Gasteiger partial charge >= 0.3 is 0 Å². The Morgan fingerprint density at radius 3 is 2.78 bits per heavy atom. The van der Waals surface area contributed by atoms with Gasteiger partial charge in [0.1, 0.15) is 6.61 Å². The minimum atomic E-state index is -2.56. The highest BCUT2D eigenvalue weighted by Crippen LogP contribution is 2.24. The maximum Gasteiger partial charge on any atom is 0.261 e. The Balaban J connectivity index is 2.53. The van der Waals surface area contributed by atoms with Crippen LogP contribution >= 0.6 is 0 Å². The van der Waals surface area contributed by atoms with Gasteiger partial charge in [0.05, 0.1) is 13.2 Å². The Bertz CT molecular complexity index is 377. The van der Waals surface area contributed by atoms with Gasteiger partial charge in [-0.25, -0.2) is 18.2 Å². The molecule has 0 aromatic carbocycles. The second-order valence-corrected chi connectivity index (χ2v) is 3.49. The topological polar surface area (TPSA) is 51.6 Å². The van der Waals surface area contributed by atoms with Crippen LogP contribution < -0.4 is 4.74 Å². The highest BCUT2D eigenvalue weighted by atomic mass is 19.3. The fraction of sp³-hybridized carbons (Fsp3) is 0.545. The predicted octanol–water partition coefficient (Wildman–Crippen LogP) is 1.93. The van der Waals surface area contributed by atoms with Crippen LogP contribution in [0, 0.1) is 5.82 Å². The molecule has 1 heterocycles. The molecular formula is C11H14F3NO3. The van der Waals surface area contributed by atoms with E-state index >= 15 is 0 Å². The van der Waals surface area contributed by atoms with Gasteiger partial charge in [-0.1, -0.05) is 0 Å². The summed E-state index contributed by atoms with van der Waals surface area (Å²) in [6.07, 6.45) is -2.41. The van der Waals surface area contributed by atoms with Crippen molar-refractivity contribution in [1.82, 2.24) is 4.98 Å². The van der Waals surface area contributed by atoms with Crippen LogP contribution in [0.25, 0.3) is 0 Å². The summed E-state index contributed by atoms with van der Waals surface area (Å²) in [5, 5.41) is 9.70. The quantitative estimate of drug-likeness (QED) is 0.765. The average Bonchev–Trinajstić information content (AvgIpc) is 2.34. The normalized spacial score (nSPS) is 12.8. The van der Waals surface area contributed by atoms with E-state index in [1.165, 1.54) is 19.4 Å². The summed E-state index contributed by atoms with van der Waals surface area (Å²) in [5.41, 5.74) is 0.00231. The lowest BCUT2D eigenvalue weighted by molar-refractivity contribution is 0.00443. The molecule has 1 aromatic rings. The van der Waals surface area contributed by atoms with E-state index in [1.54, 1.807) is 0 Å². The van der Waals surface area contributed by atoms with Crippen LogP contribution in [0.2, 0.25) is 0 Å². The van der Waals surface area contributed by atoms with Gasteiger partial charge in [0, 0.05) is 24.8 Å². The molecule has 1 aromatic heterocycles. The first-order valence-corrected chi connectivity index (χ1v) is 5.28. The molecule has 0 aliphatic rings. The third kappa shape index (κ3) is 4.15. The van der Waals surface area contributed by atoms with Crippen LogP contribution in [-0.4, -0.2) is 36.8 Å². The number of hydrogen-bond donors (Lipinski definition) is 1. The first-order valence-electron chi connectivity index (χ1n) is 5.28. The first kappa shape index (κ1) is 14.7. The zero-order chi connectivity index (χ0) is 13.5. The number of hydrogen-bond acceptors (Lipinski definition) is 4. The first-order chi connectivity index (χ1) is 8.56. The number of rotatable bonds is 7. The van der Waals surface area contributed by atoms with Crippen LogP contribution in [0.5, 0.6) is 5.88 Å². The molecule has 0 aliphatic carbocycles. The van der Waals surface area contributed by atoms with Crippen molar-refractivity contribution in [3.63, 3.8) is 0 Å². The fourth-order valence-corrected chi connectivity index (χ4v) is 1.36. The van der Waals surface area contributed by atoms with E-state index in [0.717, 1.165) is 0 Å². The van der Waals surface area contributed by atoms with Crippen molar-refractivity contribution in [2.75, 3.05) is 20.3 Å². The van der Waals surface area contributed by atoms with E-state index in [9.17, 15) is 18.3 Å². The number of aromatic nitrogens is 1. The number of alkyl halides is 2. The van der Waals surface area contributed by atoms with Gasteiger partial charge in [-0.2, -0.15) is 0 Å². The van der Waals surface area contributed by atoms with Gasteiger partial charge in [-0.05, 0) is 6.07 Å². The summed E-state index contributed by atoms with van der Waals surface area (Å²) in [7, 11) is 1.26. The second-order valence-electron chi connectivity index (χ2n) is 3.49. The molecule has 1 atom stereocenters. The van der Waals surface area contributed by atoms with E-state index in [1.807, 2.05) is 0 Å². The summed E-state index contributed by atoms with van der Waals surface area (Å²) in [6.45, 7) is -0.787. The number of aliphatic hydroxyl groups is 1. The van der Waals surface area contributed by atoms with E-state index < -0.39 is 25.0 Å². The molecule has 0 spiro atoms. The van der Waals surface area contributed by atoms with Crippen LogP contribution in [0.4, 0.5) is 13.2 Å². The third-order valence-corrected chi connectivity index (χ3v) is 2.22. The molecule has 0 aliphatic heterocycles. The molecule has 0 fully saturated rings. The molecule has 0 amide bonds. The summed E-state index contributed by atoms with van der Waals surface area (Å²) in [4.78, 5) is 3.62. The maximum atomic E-state index is 13.7. The molecule has 1 rings (SSSR count). The minimum absolute atomic E-state index is 0.00231. The summed E-state index contributed by atoms with van der Waals surface area (Å²) in [6, 6.07) is 1.30. The van der Waals surface area contributed by atoms with Gasteiger partial charge in [-0.15, -0.1) is 0 Å². The van der Waals surface area contributed by atoms with Crippen molar-refractivity contribution >= 4 is 0 Å². The lowest BCUT2D eigenvalue weighted by Gasteiger charge is -2.13. The lowest BCUT2D eigenvalue weighted by Crippen LogP contribution is -2.10. The Labute approximate surface area is 102 Å². The number of aliphatic hydroxyl groups excluding tert-OH is 1. The monoisotopic (exact) mass is 265 g/mol. The van der Waals surface area contributed by atoms with Gasteiger partial charge in [-0.3, -0.25) is 0 Å². The van der Waals surface area contributed by atoms with Gasteiger partial charge in [0.15, 0.2) is 5.82 Å². The zero-order valence-corrected chi connectivity index (χ0v) is 9.78. The Kier molecular flexibility index (Phi) is 5.87. The summed E-state index contributed by atoms with van der Waals surface area (Å²) >= 11 is 0. The second kappa shape index (κ2) is 7.17. The molecule has 1 unspecified atom stereocenters. The highest BCUT2D eigenvalue weighted by molar-refractivity contribution is 5.25. The Morgan fingerprint density at radius 1 is 1.44 bits per heavy atom. The van der Waals surface area contributed by atoms with Crippen LogP contribution in [-0.2, 0) is 4.74 Å². The fourth-order valence-electron chi connectivity index (χ4n) is 1.36. The molecule has 0 bridgehead atoms.